The van der Waals surface area contributed by atoms with E-state index in [4.69, 9.17) is 0 Å². The van der Waals surface area contributed by atoms with Gasteiger partial charge in [-0.05, 0) is 20.2 Å². The lowest BCUT2D eigenvalue weighted by Gasteiger charge is -2.10. The van der Waals surface area contributed by atoms with Crippen LogP contribution in [-0.2, 0) is 0 Å². The number of nitrogens with one attached hydrogen (secondary N) is 1. The van der Waals surface area contributed by atoms with Crippen LogP contribution in [0, 0.1) is 0 Å². The highest BCUT2D eigenvalue weighted by atomic mass is 32.1. The molecular weight excluding hydrogens is 238 g/mol. The number of fused-ring (bicyclic) bond motifs is 1. The summed E-state index contributed by atoms with van der Waals surface area (Å²) < 4.78 is 8.04. The van der Waals surface area contributed by atoms with Crippen molar-refractivity contribution in [3.63, 3.8) is 0 Å². The van der Waals surface area contributed by atoms with Crippen LogP contribution in [0.5, 0.6) is 0 Å². The molecule has 2 aromatic rings. The molecule has 0 aliphatic carbocycles. The number of hydrogen-bond acceptors (Lipinski definition) is 6. The van der Waals surface area contributed by atoms with Crippen molar-refractivity contribution < 1.29 is 4.79 Å². The van der Waals surface area contributed by atoms with Crippen LogP contribution in [0.3, 0.4) is 0 Å². The molecule has 0 fully saturated rings. The summed E-state index contributed by atoms with van der Waals surface area (Å²) in [5.41, 5.74) is 1.76. The molecule has 0 radical (unpaired) electrons. The first-order valence-corrected chi connectivity index (χ1v) is 5.91. The molecule has 0 atom stereocenters. The van der Waals surface area contributed by atoms with Crippen LogP contribution in [0.15, 0.2) is 12.3 Å². The molecule has 6 nitrogen and oxygen atoms in total. The highest BCUT2D eigenvalue weighted by Gasteiger charge is 2.08. The first-order valence-electron chi connectivity index (χ1n) is 5.18. The number of carbonyl (C=O) groups excluding carboxylic acids is 1. The predicted octanol–water partition coefficient (Wildman–Crippen LogP) is 0.378. The zero-order valence-electron chi connectivity index (χ0n) is 9.67. The number of nitrogens with zero attached hydrogens (tertiary/aromatic N) is 4. The second-order valence-corrected chi connectivity index (χ2v) is 4.42. The minimum Gasteiger partial charge on any atom is -0.351 e. The van der Waals surface area contributed by atoms with Gasteiger partial charge in [-0.2, -0.15) is 8.75 Å². The largest absolute Gasteiger partial charge is 0.351 e. The van der Waals surface area contributed by atoms with Crippen LogP contribution in [0.4, 0.5) is 0 Å². The van der Waals surface area contributed by atoms with Crippen molar-refractivity contribution in [3.8, 4) is 0 Å². The average Bonchev–Trinajstić information content (AvgIpc) is 2.75. The summed E-state index contributed by atoms with van der Waals surface area (Å²) in [5, 5.41) is 2.82. The van der Waals surface area contributed by atoms with Gasteiger partial charge in [0.1, 0.15) is 5.52 Å². The maximum Gasteiger partial charge on any atom is 0.252 e. The molecule has 1 amide bonds. The zero-order valence-corrected chi connectivity index (χ0v) is 10.5. The topological polar surface area (TPSA) is 71.0 Å². The predicted molar refractivity (Wildman–Crippen MR) is 66.1 cm³/mol. The van der Waals surface area contributed by atoms with Gasteiger partial charge in [0.15, 0.2) is 5.65 Å². The zero-order chi connectivity index (χ0) is 12.3. The van der Waals surface area contributed by atoms with E-state index >= 15 is 0 Å². The lowest BCUT2D eigenvalue weighted by molar-refractivity contribution is 0.0951. The van der Waals surface area contributed by atoms with E-state index < -0.39 is 0 Å². The fraction of sp³-hybridized carbons (Fsp3) is 0.400. The molecule has 2 rings (SSSR count). The van der Waals surface area contributed by atoms with Crippen LogP contribution in [-0.4, -0.2) is 51.7 Å². The molecule has 2 heterocycles. The van der Waals surface area contributed by atoms with Gasteiger partial charge >= 0.3 is 0 Å². The Hall–Kier alpha value is -1.60. The second-order valence-electron chi connectivity index (χ2n) is 3.89. The summed E-state index contributed by atoms with van der Waals surface area (Å²) in [6.45, 7) is 1.42. The molecule has 0 unspecified atom stereocenters. The Kier molecular flexibility index (Phi) is 3.60. The standard InChI is InChI=1S/C10H13N5OS/c1-15(2)4-3-11-10(16)7-5-8-9(12-6-7)14-17-13-8/h5-6H,3-4H2,1-2H3,(H,11,16). The molecule has 0 saturated carbocycles. The summed E-state index contributed by atoms with van der Waals surface area (Å²) in [6.07, 6.45) is 1.52. The van der Waals surface area contributed by atoms with Crippen molar-refractivity contribution in [1.82, 2.24) is 23.9 Å². The Morgan fingerprint density at radius 3 is 3.06 bits per heavy atom. The number of amides is 1. The van der Waals surface area contributed by atoms with Crippen molar-refractivity contribution >= 4 is 28.8 Å². The fourth-order valence-corrected chi connectivity index (χ4v) is 1.79. The molecular formula is C10H13N5OS. The third kappa shape index (κ3) is 2.95. The van der Waals surface area contributed by atoms with E-state index in [1.165, 1.54) is 6.20 Å². The molecule has 0 aromatic carbocycles. The number of hydrogen-bond donors (Lipinski definition) is 1. The molecule has 0 bridgehead atoms. The molecule has 90 valence electrons. The highest BCUT2D eigenvalue weighted by molar-refractivity contribution is 7.00. The van der Waals surface area contributed by atoms with Gasteiger partial charge < -0.3 is 10.2 Å². The summed E-state index contributed by atoms with van der Waals surface area (Å²) in [5.74, 6) is -0.130. The Morgan fingerprint density at radius 1 is 1.47 bits per heavy atom. The van der Waals surface area contributed by atoms with Gasteiger partial charge in [0, 0.05) is 19.3 Å². The van der Waals surface area contributed by atoms with E-state index in [0.717, 1.165) is 18.3 Å². The van der Waals surface area contributed by atoms with Crippen LogP contribution in [0.25, 0.3) is 11.2 Å². The van der Waals surface area contributed by atoms with E-state index in [9.17, 15) is 4.79 Å². The molecule has 0 spiro atoms. The molecule has 0 aliphatic heterocycles. The van der Waals surface area contributed by atoms with E-state index in [-0.39, 0.29) is 5.91 Å². The molecule has 2 aromatic heterocycles. The van der Waals surface area contributed by atoms with Crippen molar-refractivity contribution in [2.45, 2.75) is 0 Å². The van der Waals surface area contributed by atoms with Gasteiger partial charge in [-0.1, -0.05) is 0 Å². The third-order valence-corrected chi connectivity index (χ3v) is 2.75. The van der Waals surface area contributed by atoms with Gasteiger partial charge in [-0.25, -0.2) is 4.98 Å². The first-order chi connectivity index (χ1) is 8.16. The Morgan fingerprint density at radius 2 is 2.29 bits per heavy atom. The normalized spacial score (nSPS) is 11.0. The smallest absolute Gasteiger partial charge is 0.252 e. The number of carbonyl (C=O) groups is 1. The van der Waals surface area contributed by atoms with Crippen molar-refractivity contribution in [2.75, 3.05) is 27.2 Å². The molecule has 0 aliphatic rings. The Bertz CT molecular complexity index is 524. The molecule has 0 saturated heterocycles. The Balaban J connectivity index is 2.03. The summed E-state index contributed by atoms with van der Waals surface area (Å²) in [4.78, 5) is 17.9. The monoisotopic (exact) mass is 251 g/mol. The number of rotatable bonds is 4. The highest BCUT2D eigenvalue weighted by Crippen LogP contribution is 2.10. The van der Waals surface area contributed by atoms with Crippen LogP contribution in [0.1, 0.15) is 10.4 Å². The quantitative estimate of drug-likeness (QED) is 0.850. The van der Waals surface area contributed by atoms with Crippen molar-refractivity contribution in [2.24, 2.45) is 0 Å². The van der Waals surface area contributed by atoms with Gasteiger partial charge in [-0.15, -0.1) is 0 Å². The van der Waals surface area contributed by atoms with E-state index in [1.54, 1.807) is 6.07 Å². The molecule has 7 heteroatoms. The average molecular weight is 251 g/mol. The SMILES string of the molecule is CN(C)CCNC(=O)c1cnc2nsnc2c1. The molecule has 1 N–H and O–H groups in total. The lowest BCUT2D eigenvalue weighted by atomic mass is 10.2. The lowest BCUT2D eigenvalue weighted by Crippen LogP contribution is -2.31. The van der Waals surface area contributed by atoms with Crippen LogP contribution >= 0.6 is 11.7 Å². The summed E-state index contributed by atoms with van der Waals surface area (Å²) in [6, 6.07) is 1.71. The van der Waals surface area contributed by atoms with E-state index in [1.807, 2.05) is 19.0 Å². The van der Waals surface area contributed by atoms with Crippen molar-refractivity contribution in [1.29, 1.82) is 0 Å². The van der Waals surface area contributed by atoms with Gasteiger partial charge in [-0.3, -0.25) is 4.79 Å². The third-order valence-electron chi connectivity index (χ3n) is 2.22. The van der Waals surface area contributed by atoms with Gasteiger partial charge in [0.25, 0.3) is 5.91 Å². The maximum atomic E-state index is 11.8. The molecule has 17 heavy (non-hydrogen) atoms. The maximum absolute atomic E-state index is 11.8. The van der Waals surface area contributed by atoms with Gasteiger partial charge in [0.05, 0.1) is 17.3 Å². The minimum absolute atomic E-state index is 0.130. The summed E-state index contributed by atoms with van der Waals surface area (Å²) >= 11 is 1.09. The van der Waals surface area contributed by atoms with Gasteiger partial charge in [0.2, 0.25) is 0 Å². The number of likely N-dealkylation sites (N-methyl/N-ethyl adjacent to an activating group) is 1. The van der Waals surface area contributed by atoms with Crippen LogP contribution < -0.4 is 5.32 Å². The second kappa shape index (κ2) is 5.15. The fourth-order valence-electron chi connectivity index (χ4n) is 1.31. The van der Waals surface area contributed by atoms with Crippen molar-refractivity contribution in [3.05, 3.63) is 17.8 Å². The summed E-state index contributed by atoms with van der Waals surface area (Å²) in [7, 11) is 3.92. The number of aromatic nitrogens is 3. The first kappa shape index (κ1) is 11.9. The Labute approximate surface area is 103 Å². The minimum atomic E-state index is -0.130. The number of pyridine rings is 1. The van der Waals surface area contributed by atoms with E-state index in [0.29, 0.717) is 23.3 Å². The van der Waals surface area contributed by atoms with Crippen LogP contribution in [0.2, 0.25) is 0 Å². The van der Waals surface area contributed by atoms with E-state index in [2.05, 4.69) is 19.0 Å².